The van der Waals surface area contributed by atoms with E-state index in [4.69, 9.17) is 4.74 Å². The standard InChI is InChI=1S/C18H26N2O5S/c1-11-9-14-10-13(7-8-15(14)20(11)26(6,23)24)17(22)25-12(2)16(21)19-18(3,4)5/h7-8,10-12H,9H2,1-6H3,(H,19,21). The second-order valence-electron chi connectivity index (χ2n) is 7.74. The predicted molar refractivity (Wildman–Crippen MR) is 99.7 cm³/mol. The van der Waals surface area contributed by atoms with Crippen molar-refractivity contribution in [1.82, 2.24) is 5.32 Å². The molecule has 1 aromatic carbocycles. The zero-order valence-electron chi connectivity index (χ0n) is 16.0. The fourth-order valence-electron chi connectivity index (χ4n) is 2.99. The lowest BCUT2D eigenvalue weighted by molar-refractivity contribution is -0.130. The molecule has 1 amide bonds. The fraction of sp³-hybridized carbons (Fsp3) is 0.556. The summed E-state index contributed by atoms with van der Waals surface area (Å²) in [6, 6.07) is 4.55. The third-order valence-electron chi connectivity index (χ3n) is 3.98. The van der Waals surface area contributed by atoms with Gasteiger partial charge in [-0.15, -0.1) is 0 Å². The lowest BCUT2D eigenvalue weighted by Crippen LogP contribution is -2.46. The van der Waals surface area contributed by atoms with E-state index in [0.29, 0.717) is 17.7 Å². The van der Waals surface area contributed by atoms with Crippen molar-refractivity contribution in [2.45, 2.75) is 58.7 Å². The zero-order valence-corrected chi connectivity index (χ0v) is 16.8. The van der Waals surface area contributed by atoms with Crippen LogP contribution in [-0.2, 0) is 26.0 Å². The van der Waals surface area contributed by atoms with Gasteiger partial charge in [-0.05, 0) is 64.8 Å². The van der Waals surface area contributed by atoms with Crippen molar-refractivity contribution in [2.75, 3.05) is 10.6 Å². The van der Waals surface area contributed by atoms with Crippen LogP contribution >= 0.6 is 0 Å². The highest BCUT2D eigenvalue weighted by Gasteiger charge is 2.33. The van der Waals surface area contributed by atoms with Crippen molar-refractivity contribution in [1.29, 1.82) is 0 Å². The Morgan fingerprint density at radius 2 is 1.92 bits per heavy atom. The van der Waals surface area contributed by atoms with E-state index in [2.05, 4.69) is 5.32 Å². The van der Waals surface area contributed by atoms with Crippen molar-refractivity contribution < 1.29 is 22.7 Å². The van der Waals surface area contributed by atoms with Gasteiger partial charge in [0.15, 0.2) is 6.10 Å². The number of anilines is 1. The number of esters is 1. The van der Waals surface area contributed by atoms with Crippen molar-refractivity contribution in [2.24, 2.45) is 0 Å². The van der Waals surface area contributed by atoms with E-state index in [9.17, 15) is 18.0 Å². The van der Waals surface area contributed by atoms with E-state index >= 15 is 0 Å². The quantitative estimate of drug-likeness (QED) is 0.803. The maximum absolute atomic E-state index is 12.4. The number of hydrogen-bond donors (Lipinski definition) is 1. The number of benzene rings is 1. The van der Waals surface area contributed by atoms with Crippen LogP contribution < -0.4 is 9.62 Å². The highest BCUT2D eigenvalue weighted by atomic mass is 32.2. The summed E-state index contributed by atoms with van der Waals surface area (Å²) in [4.78, 5) is 24.4. The van der Waals surface area contributed by atoms with Gasteiger partial charge >= 0.3 is 5.97 Å². The number of hydrogen-bond acceptors (Lipinski definition) is 5. The summed E-state index contributed by atoms with van der Waals surface area (Å²) < 4.78 is 30.5. The molecule has 0 bridgehead atoms. The van der Waals surface area contributed by atoms with Crippen LogP contribution in [0.1, 0.15) is 50.5 Å². The molecule has 1 heterocycles. The molecule has 26 heavy (non-hydrogen) atoms. The minimum Gasteiger partial charge on any atom is -0.449 e. The van der Waals surface area contributed by atoms with Gasteiger partial charge in [0.2, 0.25) is 10.0 Å². The van der Waals surface area contributed by atoms with Gasteiger partial charge in [0.25, 0.3) is 5.91 Å². The van der Waals surface area contributed by atoms with Crippen LogP contribution in [0.4, 0.5) is 5.69 Å². The highest BCUT2D eigenvalue weighted by molar-refractivity contribution is 7.92. The van der Waals surface area contributed by atoms with Crippen molar-refractivity contribution in [3.63, 3.8) is 0 Å². The first kappa shape index (κ1) is 20.2. The summed E-state index contributed by atoms with van der Waals surface area (Å²) in [6.45, 7) is 8.86. The zero-order chi connectivity index (χ0) is 19.9. The molecule has 7 nitrogen and oxygen atoms in total. The Morgan fingerprint density at radius 3 is 2.46 bits per heavy atom. The molecular formula is C18H26N2O5S. The summed E-state index contributed by atoms with van der Waals surface area (Å²) in [7, 11) is -3.38. The number of carbonyl (C=O) groups excluding carboxylic acids is 2. The first-order valence-corrected chi connectivity index (χ1v) is 10.3. The number of nitrogens with zero attached hydrogens (tertiary/aromatic N) is 1. The van der Waals surface area contributed by atoms with Gasteiger partial charge in [0, 0.05) is 11.6 Å². The van der Waals surface area contributed by atoms with Crippen LogP contribution in [0.3, 0.4) is 0 Å². The van der Waals surface area contributed by atoms with Crippen LogP contribution in [0, 0.1) is 0 Å². The monoisotopic (exact) mass is 382 g/mol. The van der Waals surface area contributed by atoms with Gasteiger partial charge < -0.3 is 10.1 Å². The lowest BCUT2D eigenvalue weighted by atomic mass is 10.1. The first-order chi connectivity index (χ1) is 11.8. The van der Waals surface area contributed by atoms with Crippen molar-refractivity contribution >= 4 is 27.6 Å². The largest absolute Gasteiger partial charge is 0.449 e. The van der Waals surface area contributed by atoms with Crippen LogP contribution in [0.2, 0.25) is 0 Å². The predicted octanol–water partition coefficient (Wildman–Crippen LogP) is 1.86. The Hall–Kier alpha value is -2.09. The van der Waals surface area contributed by atoms with Gasteiger partial charge in [-0.2, -0.15) is 0 Å². The lowest BCUT2D eigenvalue weighted by Gasteiger charge is -2.23. The van der Waals surface area contributed by atoms with Gasteiger partial charge in [-0.1, -0.05) is 0 Å². The molecule has 0 aliphatic carbocycles. The first-order valence-electron chi connectivity index (χ1n) is 8.45. The van der Waals surface area contributed by atoms with E-state index in [0.717, 1.165) is 11.8 Å². The van der Waals surface area contributed by atoms with E-state index in [1.165, 1.54) is 17.3 Å². The average molecular weight is 382 g/mol. The van der Waals surface area contributed by atoms with Gasteiger partial charge in [0.1, 0.15) is 0 Å². The minimum absolute atomic E-state index is 0.206. The number of amides is 1. The molecule has 144 valence electrons. The Labute approximate surface area is 154 Å². The van der Waals surface area contributed by atoms with Gasteiger partial charge in [0.05, 0.1) is 17.5 Å². The molecule has 0 spiro atoms. The summed E-state index contributed by atoms with van der Waals surface area (Å²) >= 11 is 0. The number of carbonyl (C=O) groups is 2. The fourth-order valence-corrected chi connectivity index (χ4v) is 4.25. The van der Waals surface area contributed by atoms with Crippen LogP contribution in [-0.4, -0.2) is 44.2 Å². The maximum Gasteiger partial charge on any atom is 0.338 e. The Balaban J connectivity index is 2.15. The Bertz CT molecular complexity index is 826. The van der Waals surface area contributed by atoms with Crippen LogP contribution in [0.15, 0.2) is 18.2 Å². The van der Waals surface area contributed by atoms with Gasteiger partial charge in [-0.3, -0.25) is 9.10 Å². The van der Waals surface area contributed by atoms with E-state index < -0.39 is 27.6 Å². The third kappa shape index (κ3) is 4.55. The molecule has 0 aromatic heterocycles. The van der Waals surface area contributed by atoms with Crippen LogP contribution in [0.5, 0.6) is 0 Å². The topological polar surface area (TPSA) is 92.8 Å². The SMILES string of the molecule is CC(OC(=O)c1ccc2c(c1)CC(C)N2S(C)(=O)=O)C(=O)NC(C)(C)C. The van der Waals surface area contributed by atoms with Crippen molar-refractivity contribution in [3.8, 4) is 0 Å². The number of fused-ring (bicyclic) bond motifs is 1. The summed E-state index contributed by atoms with van der Waals surface area (Å²) in [5, 5.41) is 2.76. The smallest absolute Gasteiger partial charge is 0.338 e. The molecule has 2 unspecified atom stereocenters. The van der Waals surface area contributed by atoms with Gasteiger partial charge in [-0.25, -0.2) is 13.2 Å². The number of ether oxygens (including phenoxy) is 1. The van der Waals surface area contributed by atoms with Crippen LogP contribution in [0.25, 0.3) is 0 Å². The van der Waals surface area contributed by atoms with E-state index in [1.54, 1.807) is 12.1 Å². The molecule has 0 radical (unpaired) electrons. The second kappa shape index (κ2) is 6.90. The van der Waals surface area contributed by atoms with E-state index in [-0.39, 0.29) is 11.9 Å². The Kier molecular flexibility index (Phi) is 5.37. The molecule has 0 fully saturated rings. The molecular weight excluding hydrogens is 356 g/mol. The summed E-state index contributed by atoms with van der Waals surface area (Å²) in [5.41, 5.74) is 1.22. The molecule has 1 aliphatic heterocycles. The second-order valence-corrected chi connectivity index (χ2v) is 9.60. The third-order valence-corrected chi connectivity index (χ3v) is 5.25. The number of nitrogens with one attached hydrogen (secondary N) is 1. The number of rotatable bonds is 4. The van der Waals surface area contributed by atoms with Crippen molar-refractivity contribution in [3.05, 3.63) is 29.3 Å². The minimum atomic E-state index is -3.38. The normalized spacial score (nSPS) is 18.2. The molecule has 2 rings (SSSR count). The highest BCUT2D eigenvalue weighted by Crippen LogP contribution is 2.34. The molecule has 0 saturated carbocycles. The molecule has 0 saturated heterocycles. The maximum atomic E-state index is 12.4. The average Bonchev–Trinajstić information content (AvgIpc) is 2.79. The Morgan fingerprint density at radius 1 is 1.31 bits per heavy atom. The molecule has 2 atom stereocenters. The summed E-state index contributed by atoms with van der Waals surface area (Å²) in [6.07, 6.45) is 0.751. The van der Waals surface area contributed by atoms with E-state index in [1.807, 2.05) is 27.7 Å². The molecule has 8 heteroatoms. The molecule has 1 aliphatic rings. The number of sulfonamides is 1. The molecule has 1 N–H and O–H groups in total. The molecule has 1 aromatic rings. The summed E-state index contributed by atoms with van der Waals surface area (Å²) in [5.74, 6) is -0.987.